The molecular formula is C13H12F3NO. The molecule has 96 valence electrons. The summed E-state index contributed by atoms with van der Waals surface area (Å²) in [6, 6.07) is 8.20. The minimum absolute atomic E-state index is 0.199. The lowest BCUT2D eigenvalue weighted by Gasteiger charge is -2.00. The molecule has 1 heterocycles. The van der Waals surface area contributed by atoms with Crippen molar-refractivity contribution in [2.24, 2.45) is 0 Å². The Bertz CT molecular complexity index is 514. The summed E-state index contributed by atoms with van der Waals surface area (Å²) in [6.07, 6.45) is -2.51. The van der Waals surface area contributed by atoms with Gasteiger partial charge in [0.2, 0.25) is 5.76 Å². The number of hydrogen-bond acceptors (Lipinski definition) is 2. The Labute approximate surface area is 102 Å². The van der Waals surface area contributed by atoms with Gasteiger partial charge in [0.1, 0.15) is 5.69 Å². The van der Waals surface area contributed by atoms with Crippen molar-refractivity contribution >= 4 is 0 Å². The quantitative estimate of drug-likeness (QED) is 0.816. The first-order valence-corrected chi connectivity index (χ1v) is 5.64. The van der Waals surface area contributed by atoms with Gasteiger partial charge in [-0.1, -0.05) is 42.8 Å². The highest BCUT2D eigenvalue weighted by Crippen LogP contribution is 2.32. The van der Waals surface area contributed by atoms with E-state index >= 15 is 0 Å². The Hall–Kier alpha value is -1.78. The van der Waals surface area contributed by atoms with E-state index in [2.05, 4.69) is 16.6 Å². The third-order valence-corrected chi connectivity index (χ3v) is 2.58. The van der Waals surface area contributed by atoms with Crippen molar-refractivity contribution in [1.82, 2.24) is 5.16 Å². The van der Waals surface area contributed by atoms with Gasteiger partial charge in [-0.3, -0.25) is 0 Å². The van der Waals surface area contributed by atoms with Crippen molar-refractivity contribution in [3.63, 3.8) is 0 Å². The molecule has 0 amide bonds. The van der Waals surface area contributed by atoms with Gasteiger partial charge in [0, 0.05) is 11.6 Å². The molecule has 2 rings (SSSR count). The molecule has 0 atom stereocenters. The largest absolute Gasteiger partial charge is 0.452 e. The minimum atomic E-state index is -4.49. The molecule has 2 aromatic rings. The van der Waals surface area contributed by atoms with Gasteiger partial charge in [-0.2, -0.15) is 13.2 Å². The summed E-state index contributed by atoms with van der Waals surface area (Å²) < 4.78 is 41.3. The summed E-state index contributed by atoms with van der Waals surface area (Å²) in [6.45, 7) is 2.07. The van der Waals surface area contributed by atoms with Gasteiger partial charge >= 0.3 is 6.18 Å². The van der Waals surface area contributed by atoms with E-state index < -0.39 is 11.9 Å². The fraction of sp³-hybridized carbons (Fsp3) is 0.308. The molecule has 0 aliphatic carbocycles. The highest BCUT2D eigenvalue weighted by Gasteiger charge is 2.36. The fourth-order valence-electron chi connectivity index (χ4n) is 1.68. The average Bonchev–Trinajstić information content (AvgIpc) is 2.79. The Morgan fingerprint density at radius 2 is 1.83 bits per heavy atom. The molecule has 18 heavy (non-hydrogen) atoms. The van der Waals surface area contributed by atoms with Crippen molar-refractivity contribution < 1.29 is 17.7 Å². The first-order valence-electron chi connectivity index (χ1n) is 5.64. The van der Waals surface area contributed by atoms with Crippen LogP contribution in [0.5, 0.6) is 0 Å². The maximum absolute atomic E-state index is 12.3. The van der Waals surface area contributed by atoms with E-state index in [0.29, 0.717) is 5.56 Å². The second-order valence-electron chi connectivity index (χ2n) is 4.02. The summed E-state index contributed by atoms with van der Waals surface area (Å²) in [7, 11) is 0. The van der Waals surface area contributed by atoms with Crippen molar-refractivity contribution in [2.75, 3.05) is 0 Å². The number of alkyl halides is 3. The monoisotopic (exact) mass is 255 g/mol. The number of rotatable bonds is 3. The number of nitrogens with zero attached hydrogens (tertiary/aromatic N) is 1. The lowest BCUT2D eigenvalue weighted by atomic mass is 10.1. The van der Waals surface area contributed by atoms with Crippen LogP contribution in [0.3, 0.4) is 0 Å². The molecule has 2 nitrogen and oxygen atoms in total. The van der Waals surface area contributed by atoms with Crippen LogP contribution in [0.1, 0.15) is 24.7 Å². The van der Waals surface area contributed by atoms with Crippen molar-refractivity contribution in [3.8, 4) is 11.3 Å². The Kier molecular flexibility index (Phi) is 3.41. The number of halogens is 3. The lowest BCUT2D eigenvalue weighted by Crippen LogP contribution is -2.02. The fourth-order valence-corrected chi connectivity index (χ4v) is 1.68. The maximum Gasteiger partial charge on any atom is 0.452 e. The number of aryl methyl sites for hydroxylation is 1. The summed E-state index contributed by atoms with van der Waals surface area (Å²) in [4.78, 5) is 0. The minimum Gasteiger partial charge on any atom is -0.351 e. The Morgan fingerprint density at radius 3 is 2.33 bits per heavy atom. The molecule has 0 N–H and O–H groups in total. The van der Waals surface area contributed by atoms with Gasteiger partial charge in [0.25, 0.3) is 0 Å². The maximum atomic E-state index is 12.3. The van der Waals surface area contributed by atoms with E-state index in [-0.39, 0.29) is 5.69 Å². The number of benzene rings is 1. The SMILES string of the molecule is CCCc1ccc(-c2cc(C(F)(F)F)on2)cc1. The third kappa shape index (κ3) is 2.72. The molecule has 0 spiro atoms. The molecule has 0 bridgehead atoms. The molecule has 0 aliphatic rings. The van der Waals surface area contributed by atoms with Gasteiger partial charge in [-0.15, -0.1) is 0 Å². The summed E-state index contributed by atoms with van der Waals surface area (Å²) in [5, 5.41) is 3.43. The lowest BCUT2D eigenvalue weighted by molar-refractivity contribution is -0.155. The molecule has 1 aromatic heterocycles. The van der Waals surface area contributed by atoms with Crippen molar-refractivity contribution in [3.05, 3.63) is 41.7 Å². The zero-order valence-corrected chi connectivity index (χ0v) is 9.79. The second kappa shape index (κ2) is 4.84. The van der Waals surface area contributed by atoms with Crippen LogP contribution in [0.15, 0.2) is 34.9 Å². The predicted octanol–water partition coefficient (Wildman–Crippen LogP) is 4.31. The van der Waals surface area contributed by atoms with Gasteiger partial charge in [-0.05, 0) is 12.0 Å². The van der Waals surface area contributed by atoms with Gasteiger partial charge in [0.05, 0.1) is 0 Å². The summed E-state index contributed by atoms with van der Waals surface area (Å²) in [5.74, 6) is -1.07. The molecule has 0 saturated carbocycles. The molecule has 1 aromatic carbocycles. The first-order chi connectivity index (χ1) is 8.50. The highest BCUT2D eigenvalue weighted by atomic mass is 19.4. The molecule has 5 heteroatoms. The van der Waals surface area contributed by atoms with E-state index in [4.69, 9.17) is 0 Å². The Morgan fingerprint density at radius 1 is 1.17 bits per heavy atom. The van der Waals surface area contributed by atoms with Crippen molar-refractivity contribution in [2.45, 2.75) is 25.9 Å². The van der Waals surface area contributed by atoms with Gasteiger partial charge in [-0.25, -0.2) is 0 Å². The van der Waals surface area contributed by atoms with Crippen LogP contribution in [-0.2, 0) is 12.6 Å². The van der Waals surface area contributed by atoms with Crippen LogP contribution in [0, 0.1) is 0 Å². The average molecular weight is 255 g/mol. The third-order valence-electron chi connectivity index (χ3n) is 2.58. The van der Waals surface area contributed by atoms with E-state index in [0.717, 1.165) is 24.5 Å². The number of aromatic nitrogens is 1. The zero-order chi connectivity index (χ0) is 13.2. The molecular weight excluding hydrogens is 243 g/mol. The Balaban J connectivity index is 2.23. The standard InChI is InChI=1S/C13H12F3NO/c1-2-3-9-4-6-10(7-5-9)11-8-12(18-17-11)13(14,15)16/h4-8H,2-3H2,1H3. The van der Waals surface area contributed by atoms with Crippen LogP contribution < -0.4 is 0 Å². The molecule has 0 aliphatic heterocycles. The van der Waals surface area contributed by atoms with E-state index in [9.17, 15) is 13.2 Å². The second-order valence-corrected chi connectivity index (χ2v) is 4.02. The van der Waals surface area contributed by atoms with Crippen LogP contribution in [0.2, 0.25) is 0 Å². The topological polar surface area (TPSA) is 26.0 Å². The smallest absolute Gasteiger partial charge is 0.351 e. The van der Waals surface area contributed by atoms with E-state index in [1.165, 1.54) is 0 Å². The van der Waals surface area contributed by atoms with Gasteiger partial charge in [0.15, 0.2) is 0 Å². The van der Waals surface area contributed by atoms with Crippen LogP contribution in [0.4, 0.5) is 13.2 Å². The van der Waals surface area contributed by atoms with E-state index in [1.807, 2.05) is 12.1 Å². The predicted molar refractivity (Wildman–Crippen MR) is 60.9 cm³/mol. The molecule has 0 fully saturated rings. The highest BCUT2D eigenvalue weighted by molar-refractivity contribution is 5.59. The normalized spacial score (nSPS) is 11.8. The van der Waals surface area contributed by atoms with Crippen molar-refractivity contribution in [1.29, 1.82) is 0 Å². The van der Waals surface area contributed by atoms with Crippen LogP contribution >= 0.6 is 0 Å². The summed E-state index contributed by atoms with van der Waals surface area (Å²) in [5.41, 5.74) is 1.97. The number of hydrogen-bond donors (Lipinski definition) is 0. The zero-order valence-electron chi connectivity index (χ0n) is 9.79. The van der Waals surface area contributed by atoms with Gasteiger partial charge < -0.3 is 4.52 Å². The molecule has 0 saturated heterocycles. The molecule has 0 radical (unpaired) electrons. The van der Waals surface area contributed by atoms with E-state index in [1.54, 1.807) is 12.1 Å². The van der Waals surface area contributed by atoms with Crippen LogP contribution in [0.25, 0.3) is 11.3 Å². The van der Waals surface area contributed by atoms with Crippen LogP contribution in [-0.4, -0.2) is 5.16 Å². The summed E-state index contributed by atoms with van der Waals surface area (Å²) >= 11 is 0. The molecule has 0 unspecified atom stereocenters. The first kappa shape index (κ1) is 12.7.